The van der Waals surface area contributed by atoms with Crippen LogP contribution in [0.1, 0.15) is 60.6 Å². The Kier molecular flexibility index (Phi) is 4.41. The van der Waals surface area contributed by atoms with Crippen LogP contribution in [0, 0.1) is 12.7 Å². The van der Waals surface area contributed by atoms with Gasteiger partial charge in [0.25, 0.3) is 5.56 Å². The molecule has 6 nitrogen and oxygen atoms in total. The predicted octanol–water partition coefficient (Wildman–Crippen LogP) is 3.55. The molecule has 2 aliphatic rings. The minimum absolute atomic E-state index is 0.0206. The van der Waals surface area contributed by atoms with Gasteiger partial charge in [0.2, 0.25) is 0 Å². The summed E-state index contributed by atoms with van der Waals surface area (Å²) in [6.07, 6.45) is 4.77. The zero-order valence-electron chi connectivity index (χ0n) is 17.0. The molecular weight excluding hydrogens is 403 g/mol. The average Bonchev–Trinajstić information content (AvgIpc) is 3.43. The number of nitrogen functional groups attached to an aromatic ring is 1. The van der Waals surface area contributed by atoms with Crippen molar-refractivity contribution in [3.63, 3.8) is 0 Å². The van der Waals surface area contributed by atoms with Crippen molar-refractivity contribution in [2.75, 3.05) is 5.73 Å². The lowest BCUT2D eigenvalue weighted by molar-refractivity contribution is 0.489. The molecule has 0 saturated heterocycles. The van der Waals surface area contributed by atoms with Gasteiger partial charge in [0.1, 0.15) is 0 Å². The van der Waals surface area contributed by atoms with Gasteiger partial charge in [-0.2, -0.15) is 0 Å². The summed E-state index contributed by atoms with van der Waals surface area (Å²) in [4.78, 5) is 29.4. The fourth-order valence-corrected chi connectivity index (χ4v) is 6.30. The Morgan fingerprint density at radius 3 is 2.70 bits per heavy atom. The highest BCUT2D eigenvalue weighted by molar-refractivity contribution is 7.15. The Morgan fingerprint density at radius 1 is 1.30 bits per heavy atom. The second-order valence-corrected chi connectivity index (χ2v) is 9.80. The Bertz CT molecular complexity index is 1300. The van der Waals surface area contributed by atoms with E-state index in [4.69, 9.17) is 11.5 Å². The van der Waals surface area contributed by atoms with Crippen LogP contribution in [0.3, 0.4) is 0 Å². The maximum absolute atomic E-state index is 15.5. The van der Waals surface area contributed by atoms with Crippen LogP contribution in [0.5, 0.6) is 0 Å². The molecule has 2 aliphatic carbocycles. The molecule has 2 aromatic heterocycles. The Hall–Kier alpha value is -2.45. The number of benzene rings is 1. The maximum Gasteiger partial charge on any atom is 0.329 e. The minimum Gasteiger partial charge on any atom is -0.396 e. The zero-order chi connectivity index (χ0) is 21.3. The molecular formula is C22H25FN4O2S. The fourth-order valence-electron chi connectivity index (χ4n) is 4.93. The van der Waals surface area contributed by atoms with Gasteiger partial charge in [-0.1, -0.05) is 0 Å². The van der Waals surface area contributed by atoms with E-state index in [9.17, 15) is 9.59 Å². The number of nitrogens with two attached hydrogens (primary N) is 2. The van der Waals surface area contributed by atoms with E-state index in [1.807, 2.05) is 13.0 Å². The summed E-state index contributed by atoms with van der Waals surface area (Å²) in [7, 11) is 0. The lowest BCUT2D eigenvalue weighted by atomic mass is 9.83. The van der Waals surface area contributed by atoms with Crippen molar-refractivity contribution in [1.82, 2.24) is 9.55 Å². The quantitative estimate of drug-likeness (QED) is 0.555. The van der Waals surface area contributed by atoms with E-state index in [1.54, 1.807) is 22.8 Å². The molecule has 0 aliphatic heterocycles. The molecule has 1 fully saturated rings. The molecule has 1 aromatic carbocycles. The van der Waals surface area contributed by atoms with Crippen molar-refractivity contribution in [3.8, 4) is 10.4 Å². The van der Waals surface area contributed by atoms with E-state index >= 15 is 4.39 Å². The summed E-state index contributed by atoms with van der Waals surface area (Å²) in [6.45, 7) is 3.79. The van der Waals surface area contributed by atoms with Crippen molar-refractivity contribution < 1.29 is 4.39 Å². The van der Waals surface area contributed by atoms with E-state index < -0.39 is 17.1 Å². The first-order valence-corrected chi connectivity index (χ1v) is 11.3. The largest absolute Gasteiger partial charge is 0.396 e. The van der Waals surface area contributed by atoms with Gasteiger partial charge in [-0.25, -0.2) is 9.18 Å². The lowest BCUT2D eigenvalue weighted by Crippen LogP contribution is -2.31. The number of fused-ring (bicyclic) bond motifs is 2. The molecule has 3 aromatic rings. The molecule has 5 N–H and O–H groups in total. The number of halogens is 1. The Balaban J connectivity index is 1.83. The maximum atomic E-state index is 15.5. The van der Waals surface area contributed by atoms with Gasteiger partial charge in [-0.15, -0.1) is 11.3 Å². The number of rotatable bonds is 3. The van der Waals surface area contributed by atoms with Crippen LogP contribution >= 0.6 is 11.3 Å². The van der Waals surface area contributed by atoms with Gasteiger partial charge in [0.05, 0.1) is 16.6 Å². The van der Waals surface area contributed by atoms with Crippen molar-refractivity contribution in [1.29, 1.82) is 0 Å². The van der Waals surface area contributed by atoms with Crippen LogP contribution in [0.2, 0.25) is 0 Å². The summed E-state index contributed by atoms with van der Waals surface area (Å²) in [5.41, 5.74) is 13.7. The average molecular weight is 429 g/mol. The summed E-state index contributed by atoms with van der Waals surface area (Å²) in [5, 5.41) is 0.0648. The van der Waals surface area contributed by atoms with E-state index in [0.717, 1.165) is 37.0 Å². The van der Waals surface area contributed by atoms with Crippen LogP contribution in [0.15, 0.2) is 15.7 Å². The van der Waals surface area contributed by atoms with E-state index in [1.165, 1.54) is 10.4 Å². The first-order valence-electron chi connectivity index (χ1n) is 10.4. The summed E-state index contributed by atoms with van der Waals surface area (Å²) in [5.74, 6) is -0.338. The molecule has 2 atom stereocenters. The van der Waals surface area contributed by atoms with Gasteiger partial charge < -0.3 is 11.5 Å². The Labute approximate surface area is 176 Å². The number of H-pyrrole nitrogens is 1. The minimum atomic E-state index is -0.638. The normalized spacial score (nSPS) is 19.8. The van der Waals surface area contributed by atoms with Crippen LogP contribution in [0.4, 0.5) is 10.1 Å². The number of hydrogen-bond donors (Lipinski definition) is 3. The monoisotopic (exact) mass is 428 g/mol. The third-order valence-electron chi connectivity index (χ3n) is 6.55. The molecule has 2 heterocycles. The first kappa shape index (κ1) is 19.5. The number of aryl methyl sites for hydroxylation is 2. The highest BCUT2D eigenvalue weighted by Crippen LogP contribution is 2.46. The third-order valence-corrected chi connectivity index (χ3v) is 7.78. The van der Waals surface area contributed by atoms with Gasteiger partial charge in [0, 0.05) is 27.4 Å². The van der Waals surface area contributed by atoms with E-state index in [2.05, 4.69) is 4.98 Å². The molecule has 5 rings (SSSR count). The lowest BCUT2D eigenvalue weighted by Gasteiger charge is -2.25. The number of aromatic amines is 1. The summed E-state index contributed by atoms with van der Waals surface area (Å²) < 4.78 is 17.1. The standard InChI is InChI=1S/C22H25FN4O2S/c1-9-16(15-8-13-12(10(2)24)4-3-5-14(13)30-15)18(23)19(25)17-20(9)27(11-6-7-11)22(29)26-21(17)28/h8,10-12H,3-7,24-25H2,1-2H3,(H,26,28,29). The number of nitrogens with one attached hydrogen (secondary N) is 1. The number of anilines is 1. The zero-order valence-corrected chi connectivity index (χ0v) is 17.9. The van der Waals surface area contributed by atoms with Crippen LogP contribution < -0.4 is 22.7 Å². The number of hydrogen-bond acceptors (Lipinski definition) is 5. The third kappa shape index (κ3) is 2.77. The highest BCUT2D eigenvalue weighted by Gasteiger charge is 2.32. The van der Waals surface area contributed by atoms with Crippen molar-refractivity contribution in [2.45, 2.75) is 64.0 Å². The molecule has 1 saturated carbocycles. The van der Waals surface area contributed by atoms with Gasteiger partial charge in [0.15, 0.2) is 5.82 Å². The van der Waals surface area contributed by atoms with E-state index in [-0.39, 0.29) is 29.1 Å². The molecule has 158 valence electrons. The molecule has 30 heavy (non-hydrogen) atoms. The predicted molar refractivity (Wildman–Crippen MR) is 119 cm³/mol. The smallest absolute Gasteiger partial charge is 0.329 e. The van der Waals surface area contributed by atoms with Crippen LogP contribution in [-0.2, 0) is 6.42 Å². The van der Waals surface area contributed by atoms with Crippen molar-refractivity contribution in [3.05, 3.63) is 48.7 Å². The molecule has 0 bridgehead atoms. The number of nitrogens with zero attached hydrogens (tertiary/aromatic N) is 1. The van der Waals surface area contributed by atoms with Gasteiger partial charge >= 0.3 is 5.69 Å². The Morgan fingerprint density at radius 2 is 2.03 bits per heavy atom. The topological polar surface area (TPSA) is 107 Å². The molecule has 0 amide bonds. The van der Waals surface area contributed by atoms with Gasteiger partial charge in [-0.3, -0.25) is 14.3 Å². The first-order chi connectivity index (χ1) is 14.3. The van der Waals surface area contributed by atoms with E-state index in [0.29, 0.717) is 16.6 Å². The van der Waals surface area contributed by atoms with Crippen LogP contribution in [0.25, 0.3) is 21.3 Å². The number of thiophene rings is 1. The highest BCUT2D eigenvalue weighted by atomic mass is 32.1. The summed E-state index contributed by atoms with van der Waals surface area (Å²) >= 11 is 1.57. The summed E-state index contributed by atoms with van der Waals surface area (Å²) in [6, 6.07) is 2.08. The SMILES string of the molecule is Cc1c(-c2cc3c(s2)CCCC3C(C)N)c(F)c(N)c2c(=O)[nH]c(=O)n(C3CC3)c12. The fraction of sp³-hybridized carbons (Fsp3) is 0.455. The van der Waals surface area contributed by atoms with Crippen molar-refractivity contribution >= 4 is 27.9 Å². The molecule has 2 unspecified atom stereocenters. The van der Waals surface area contributed by atoms with Crippen molar-refractivity contribution in [2.24, 2.45) is 5.73 Å². The van der Waals surface area contributed by atoms with Crippen LogP contribution in [-0.4, -0.2) is 15.6 Å². The second-order valence-electron chi connectivity index (χ2n) is 8.66. The molecule has 0 spiro atoms. The second kappa shape index (κ2) is 6.78. The molecule has 8 heteroatoms. The molecule has 0 radical (unpaired) electrons. The number of aromatic nitrogens is 2. The van der Waals surface area contributed by atoms with Gasteiger partial charge in [-0.05, 0) is 69.1 Å².